The zero-order chi connectivity index (χ0) is 25.4. The molecule has 184 valence electrons. The van der Waals surface area contributed by atoms with Gasteiger partial charge in [-0.15, -0.1) is 0 Å². The van der Waals surface area contributed by atoms with Gasteiger partial charge in [-0.1, -0.05) is 33.8 Å². The van der Waals surface area contributed by atoms with Gasteiger partial charge in [0.1, 0.15) is 5.75 Å². The van der Waals surface area contributed by atoms with Gasteiger partial charge in [-0.2, -0.15) is 4.39 Å². The molecule has 5 rings (SSSR count). The summed E-state index contributed by atoms with van der Waals surface area (Å²) in [6.07, 6.45) is 2.57. The second kappa shape index (κ2) is 9.66. The van der Waals surface area contributed by atoms with Gasteiger partial charge in [0.05, 0.1) is 0 Å². The lowest BCUT2D eigenvalue weighted by atomic mass is 9.68. The summed E-state index contributed by atoms with van der Waals surface area (Å²) in [5.74, 6) is -2.38. The van der Waals surface area contributed by atoms with E-state index in [0.717, 1.165) is 27.0 Å². The molecule has 0 spiro atoms. The Labute approximate surface area is 214 Å². The number of H-pyrrole nitrogens is 1. The molecular formula is C28H24BrF2N3O2. The summed E-state index contributed by atoms with van der Waals surface area (Å²) < 4.78 is 28.0. The third-order valence-electron chi connectivity index (χ3n) is 6.91. The number of fused-ring (bicyclic) bond motifs is 1. The van der Waals surface area contributed by atoms with E-state index in [1.807, 2.05) is 24.3 Å². The summed E-state index contributed by atoms with van der Waals surface area (Å²) in [7, 11) is 0. The molecule has 1 aliphatic heterocycles. The van der Waals surface area contributed by atoms with Crippen molar-refractivity contribution in [3.63, 3.8) is 0 Å². The van der Waals surface area contributed by atoms with Crippen molar-refractivity contribution in [3.05, 3.63) is 109 Å². The van der Waals surface area contributed by atoms with Crippen molar-refractivity contribution in [2.45, 2.75) is 36.8 Å². The summed E-state index contributed by atoms with van der Waals surface area (Å²) in [5.41, 5.74) is 13.5. The number of aromatic nitrogens is 1. The van der Waals surface area contributed by atoms with Gasteiger partial charge in [0.2, 0.25) is 5.83 Å². The van der Waals surface area contributed by atoms with E-state index in [1.165, 1.54) is 0 Å². The average Bonchev–Trinajstić information content (AvgIpc) is 2.83. The van der Waals surface area contributed by atoms with Crippen molar-refractivity contribution < 1.29 is 13.9 Å². The maximum Gasteiger partial charge on any atom is 0.252 e. The van der Waals surface area contributed by atoms with Crippen LogP contribution in [0.15, 0.2) is 92.6 Å². The first-order valence-electron chi connectivity index (χ1n) is 11.6. The SMILES string of the molecule is NC1(C(c2ccc(O)cc2)c2cc3cc(Br)ccc3[nH]c2=O)CCNC(CC2=C=C=C(F)C(F)=C2)C1. The molecule has 1 fully saturated rings. The van der Waals surface area contributed by atoms with Crippen molar-refractivity contribution in [3.8, 4) is 5.75 Å². The molecule has 5 N–H and O–H groups in total. The molecule has 1 saturated heterocycles. The Hall–Kier alpha value is -3.25. The van der Waals surface area contributed by atoms with Crippen molar-refractivity contribution >= 4 is 26.8 Å². The predicted octanol–water partition coefficient (Wildman–Crippen LogP) is 5.37. The highest BCUT2D eigenvalue weighted by Gasteiger charge is 2.42. The minimum atomic E-state index is -1.06. The first-order valence-corrected chi connectivity index (χ1v) is 12.4. The number of nitrogens with one attached hydrogen (secondary N) is 2. The predicted molar refractivity (Wildman–Crippen MR) is 139 cm³/mol. The molecule has 8 heteroatoms. The second-order valence-electron chi connectivity index (χ2n) is 9.43. The van der Waals surface area contributed by atoms with Gasteiger partial charge < -0.3 is 21.1 Å². The number of aromatic hydroxyl groups is 1. The molecule has 1 aliphatic carbocycles. The van der Waals surface area contributed by atoms with Crippen LogP contribution in [0.2, 0.25) is 0 Å². The summed E-state index contributed by atoms with van der Waals surface area (Å²) in [6.45, 7) is 0.584. The molecular weight excluding hydrogens is 528 g/mol. The Kier molecular flexibility index (Phi) is 6.56. The van der Waals surface area contributed by atoms with Crippen molar-refractivity contribution in [2.75, 3.05) is 6.54 Å². The van der Waals surface area contributed by atoms with Crippen LogP contribution in [-0.2, 0) is 0 Å². The van der Waals surface area contributed by atoms with E-state index in [9.17, 15) is 18.7 Å². The zero-order valence-electron chi connectivity index (χ0n) is 19.2. The molecule has 2 aliphatic rings. The van der Waals surface area contributed by atoms with Gasteiger partial charge >= 0.3 is 0 Å². The smallest absolute Gasteiger partial charge is 0.252 e. The average molecular weight is 552 g/mol. The van der Waals surface area contributed by atoms with Gasteiger partial charge in [-0.05, 0) is 85.0 Å². The fourth-order valence-electron chi connectivity index (χ4n) is 5.27. The number of allylic oxidation sites excluding steroid dienone is 3. The van der Waals surface area contributed by atoms with Crippen molar-refractivity contribution in [2.24, 2.45) is 5.73 Å². The molecule has 5 nitrogen and oxygen atoms in total. The summed E-state index contributed by atoms with van der Waals surface area (Å²) in [6, 6.07) is 14.1. The topological polar surface area (TPSA) is 91.1 Å². The van der Waals surface area contributed by atoms with Crippen LogP contribution < -0.4 is 16.6 Å². The quantitative estimate of drug-likeness (QED) is 0.321. The third-order valence-corrected chi connectivity index (χ3v) is 7.40. The highest BCUT2D eigenvalue weighted by atomic mass is 79.9. The standard InChI is InChI=1S/C28H24BrF2N3O2/c29-19-4-8-25-18(13-19)14-22(27(36)34-25)26(17-2-5-21(35)6-3-17)28(32)9-10-33-20(15-28)11-16-1-7-23(30)24(31)12-16/h2-6,8,12-14,20,26,33,35H,9-11,15,32H2,(H,34,36). The zero-order valence-corrected chi connectivity index (χ0v) is 20.8. The van der Waals surface area contributed by atoms with E-state index >= 15 is 0 Å². The molecule has 0 amide bonds. The van der Waals surface area contributed by atoms with Gasteiger partial charge in [0, 0.05) is 38.6 Å². The fraction of sp³-hybridized carbons (Fsp3) is 0.250. The summed E-state index contributed by atoms with van der Waals surface area (Å²) >= 11 is 3.49. The molecule has 3 aromatic rings. The molecule has 0 radical (unpaired) electrons. The fourth-order valence-corrected chi connectivity index (χ4v) is 5.65. The van der Waals surface area contributed by atoms with Crippen LogP contribution in [0.1, 0.15) is 36.3 Å². The minimum absolute atomic E-state index is 0.119. The Morgan fingerprint density at radius 3 is 2.69 bits per heavy atom. The second-order valence-corrected chi connectivity index (χ2v) is 10.3. The number of rotatable bonds is 5. The molecule has 2 aromatic carbocycles. The number of phenols is 1. The van der Waals surface area contributed by atoms with E-state index in [4.69, 9.17) is 5.73 Å². The monoisotopic (exact) mass is 551 g/mol. The first kappa shape index (κ1) is 24.4. The molecule has 3 atom stereocenters. The Bertz CT molecular complexity index is 1530. The van der Waals surface area contributed by atoms with Crippen LogP contribution in [0.3, 0.4) is 0 Å². The number of phenolic OH excluding ortho intramolecular Hbond substituents is 1. The van der Waals surface area contributed by atoms with E-state index in [2.05, 4.69) is 37.7 Å². The van der Waals surface area contributed by atoms with Crippen molar-refractivity contribution in [1.82, 2.24) is 10.3 Å². The largest absolute Gasteiger partial charge is 0.508 e. The normalized spacial score (nSPS) is 22.7. The molecule has 2 heterocycles. The Balaban J connectivity index is 1.57. The van der Waals surface area contributed by atoms with Gasteiger partial charge in [0.15, 0.2) is 5.83 Å². The Morgan fingerprint density at radius 2 is 1.94 bits per heavy atom. The van der Waals surface area contributed by atoms with Crippen LogP contribution in [-0.4, -0.2) is 28.2 Å². The molecule has 1 aromatic heterocycles. The number of benzene rings is 2. The van der Waals surface area contributed by atoms with Crippen LogP contribution in [0.5, 0.6) is 5.75 Å². The lowest BCUT2D eigenvalue weighted by Crippen LogP contribution is -2.57. The maximum atomic E-state index is 13.8. The van der Waals surface area contributed by atoms with Crippen LogP contribution in [0.4, 0.5) is 8.78 Å². The van der Waals surface area contributed by atoms with E-state index < -0.39 is 23.1 Å². The van der Waals surface area contributed by atoms with Gasteiger partial charge in [0.25, 0.3) is 5.56 Å². The first-order chi connectivity index (χ1) is 17.2. The van der Waals surface area contributed by atoms with E-state index in [0.29, 0.717) is 36.9 Å². The van der Waals surface area contributed by atoms with Gasteiger partial charge in [-0.3, -0.25) is 4.79 Å². The number of piperidine rings is 1. The van der Waals surface area contributed by atoms with Gasteiger partial charge in [-0.25, -0.2) is 4.39 Å². The number of hydrogen-bond donors (Lipinski definition) is 4. The number of aromatic amines is 1. The number of hydrogen-bond acceptors (Lipinski definition) is 4. The highest BCUT2D eigenvalue weighted by molar-refractivity contribution is 9.10. The third kappa shape index (κ3) is 4.87. The molecule has 3 unspecified atom stereocenters. The van der Waals surface area contributed by atoms with Crippen LogP contribution in [0.25, 0.3) is 10.9 Å². The molecule has 0 saturated carbocycles. The van der Waals surface area contributed by atoms with E-state index in [-0.39, 0.29) is 17.4 Å². The number of halogens is 3. The maximum absolute atomic E-state index is 13.8. The number of nitrogens with two attached hydrogens (primary N) is 1. The molecule has 36 heavy (non-hydrogen) atoms. The summed E-state index contributed by atoms with van der Waals surface area (Å²) in [5, 5.41) is 14.2. The van der Waals surface area contributed by atoms with E-state index in [1.54, 1.807) is 24.3 Å². The number of pyridine rings is 1. The highest BCUT2D eigenvalue weighted by Crippen LogP contribution is 2.40. The summed E-state index contributed by atoms with van der Waals surface area (Å²) in [4.78, 5) is 16.3. The Morgan fingerprint density at radius 1 is 1.17 bits per heavy atom. The molecule has 0 bridgehead atoms. The van der Waals surface area contributed by atoms with Crippen molar-refractivity contribution in [1.29, 1.82) is 0 Å². The minimum Gasteiger partial charge on any atom is -0.508 e. The lowest BCUT2D eigenvalue weighted by Gasteiger charge is -2.44. The van der Waals surface area contributed by atoms with Crippen LogP contribution in [0, 0.1) is 0 Å². The lowest BCUT2D eigenvalue weighted by molar-refractivity contribution is 0.230. The van der Waals surface area contributed by atoms with Crippen LogP contribution >= 0.6 is 15.9 Å².